The van der Waals surface area contributed by atoms with Gasteiger partial charge in [0.2, 0.25) is 0 Å². The molecule has 4 rings (SSSR count). The highest BCUT2D eigenvalue weighted by Gasteiger charge is 2.44. The van der Waals surface area contributed by atoms with Gasteiger partial charge >= 0.3 is 12.2 Å². The van der Waals surface area contributed by atoms with E-state index in [0.29, 0.717) is 31.7 Å². The molecule has 0 aromatic heterocycles. The average molecular weight is 458 g/mol. The third-order valence-corrected chi connectivity index (χ3v) is 7.50. The van der Waals surface area contributed by atoms with Crippen molar-refractivity contribution in [3.8, 4) is 0 Å². The van der Waals surface area contributed by atoms with Crippen LogP contribution < -0.4 is 0 Å². The monoisotopic (exact) mass is 457 g/mol. The summed E-state index contributed by atoms with van der Waals surface area (Å²) in [5.41, 5.74) is 2.66. The van der Waals surface area contributed by atoms with Crippen molar-refractivity contribution < 1.29 is 19.1 Å². The molecule has 3 aliphatic rings. The number of fused-ring (bicyclic) bond motifs is 2. The van der Waals surface area contributed by atoms with E-state index in [1.165, 1.54) is 11.1 Å². The molecule has 0 unspecified atom stereocenters. The first kappa shape index (κ1) is 23.9. The molecule has 1 aromatic carbocycles. The number of likely N-dealkylation sites (tertiary alicyclic amines) is 2. The number of ether oxygens (including phenoxy) is 2. The van der Waals surface area contributed by atoms with Crippen molar-refractivity contribution in [3.05, 3.63) is 35.4 Å². The van der Waals surface area contributed by atoms with Crippen LogP contribution in [0.25, 0.3) is 0 Å². The summed E-state index contributed by atoms with van der Waals surface area (Å²) in [7, 11) is 0. The summed E-state index contributed by atoms with van der Waals surface area (Å²) in [5, 5.41) is 0. The first-order valence-electron chi connectivity index (χ1n) is 12.6. The van der Waals surface area contributed by atoms with Crippen LogP contribution in [-0.4, -0.2) is 78.9 Å². The quantitative estimate of drug-likeness (QED) is 0.676. The molecule has 1 aromatic rings. The first-order chi connectivity index (χ1) is 15.9. The number of nitrogens with zero attached hydrogens (tertiary/aromatic N) is 3. The molecule has 0 atom stereocenters. The van der Waals surface area contributed by atoms with E-state index in [-0.39, 0.29) is 17.6 Å². The Labute approximate surface area is 198 Å². The van der Waals surface area contributed by atoms with Crippen LogP contribution in [0.2, 0.25) is 0 Å². The lowest BCUT2D eigenvalue weighted by molar-refractivity contribution is 0.0362. The van der Waals surface area contributed by atoms with Crippen LogP contribution in [0.1, 0.15) is 57.6 Å². The summed E-state index contributed by atoms with van der Waals surface area (Å²) in [6.07, 6.45) is 3.70. The second-order valence-electron chi connectivity index (χ2n) is 10.2. The molecule has 0 aliphatic carbocycles. The topological polar surface area (TPSA) is 62.3 Å². The van der Waals surface area contributed by atoms with E-state index < -0.39 is 0 Å². The average Bonchev–Trinajstić information content (AvgIpc) is 2.83. The number of hydrogen-bond donors (Lipinski definition) is 0. The van der Waals surface area contributed by atoms with E-state index in [2.05, 4.69) is 43.0 Å². The Morgan fingerprint density at radius 1 is 1.00 bits per heavy atom. The fraction of sp³-hybridized carbons (Fsp3) is 0.692. The normalized spacial score (nSPS) is 21.2. The highest BCUT2D eigenvalue weighted by Crippen LogP contribution is 2.42. The van der Waals surface area contributed by atoms with Crippen molar-refractivity contribution in [1.29, 1.82) is 0 Å². The molecule has 2 fully saturated rings. The van der Waals surface area contributed by atoms with Gasteiger partial charge in [0.05, 0.1) is 13.2 Å². The number of benzene rings is 1. The third kappa shape index (κ3) is 5.29. The Morgan fingerprint density at radius 2 is 1.67 bits per heavy atom. The summed E-state index contributed by atoms with van der Waals surface area (Å²) < 4.78 is 10.8. The fourth-order valence-electron chi connectivity index (χ4n) is 5.72. The number of carbonyl (C=O) groups excluding carboxylic acids is 2. The van der Waals surface area contributed by atoms with Crippen molar-refractivity contribution >= 4 is 12.2 Å². The van der Waals surface area contributed by atoms with Gasteiger partial charge in [-0.25, -0.2) is 9.59 Å². The zero-order valence-electron chi connectivity index (χ0n) is 20.4. The summed E-state index contributed by atoms with van der Waals surface area (Å²) in [6, 6.07) is 9.14. The number of hydrogen-bond acceptors (Lipinski definition) is 5. The van der Waals surface area contributed by atoms with Crippen molar-refractivity contribution in [1.82, 2.24) is 14.7 Å². The van der Waals surface area contributed by atoms with Gasteiger partial charge < -0.3 is 24.2 Å². The Hall–Kier alpha value is -2.28. The zero-order chi connectivity index (χ0) is 23.4. The maximum atomic E-state index is 12.8. The van der Waals surface area contributed by atoms with Crippen LogP contribution >= 0.6 is 0 Å². The van der Waals surface area contributed by atoms with Crippen molar-refractivity contribution in [2.24, 2.45) is 5.92 Å². The van der Waals surface area contributed by atoms with E-state index in [9.17, 15) is 9.59 Å². The Balaban J connectivity index is 1.40. The molecule has 0 saturated carbocycles. The second kappa shape index (κ2) is 10.3. The lowest BCUT2D eigenvalue weighted by atomic mass is 9.68. The molecule has 2 amide bonds. The van der Waals surface area contributed by atoms with Gasteiger partial charge in [0, 0.05) is 37.6 Å². The van der Waals surface area contributed by atoms with Gasteiger partial charge in [-0.3, -0.25) is 0 Å². The van der Waals surface area contributed by atoms with Crippen LogP contribution in [0.4, 0.5) is 9.59 Å². The molecular formula is C26H39N3O4. The minimum Gasteiger partial charge on any atom is -0.450 e. The second-order valence-corrected chi connectivity index (χ2v) is 10.2. The lowest BCUT2D eigenvalue weighted by Gasteiger charge is -2.50. The van der Waals surface area contributed by atoms with Crippen LogP contribution in [0, 0.1) is 5.92 Å². The summed E-state index contributed by atoms with van der Waals surface area (Å²) in [6.45, 7) is 11.8. The van der Waals surface area contributed by atoms with E-state index in [0.717, 1.165) is 58.4 Å². The van der Waals surface area contributed by atoms with Crippen molar-refractivity contribution in [3.63, 3.8) is 0 Å². The summed E-state index contributed by atoms with van der Waals surface area (Å²) in [4.78, 5) is 31.2. The van der Waals surface area contributed by atoms with Gasteiger partial charge in [-0.1, -0.05) is 38.1 Å². The summed E-state index contributed by atoms with van der Waals surface area (Å²) >= 11 is 0. The Kier molecular flexibility index (Phi) is 7.47. The highest BCUT2D eigenvalue weighted by atomic mass is 16.6. The predicted molar refractivity (Wildman–Crippen MR) is 127 cm³/mol. The molecule has 0 bridgehead atoms. The van der Waals surface area contributed by atoms with E-state index in [1.807, 2.05) is 16.7 Å². The third-order valence-electron chi connectivity index (χ3n) is 7.50. The van der Waals surface area contributed by atoms with Crippen molar-refractivity contribution in [2.75, 3.05) is 45.9 Å². The number of piperidine rings is 2. The maximum Gasteiger partial charge on any atom is 0.410 e. The molecule has 7 nitrogen and oxygen atoms in total. The van der Waals surface area contributed by atoms with Crippen LogP contribution in [0.15, 0.2) is 24.3 Å². The predicted octanol–water partition coefficient (Wildman–Crippen LogP) is 4.25. The van der Waals surface area contributed by atoms with E-state index >= 15 is 0 Å². The van der Waals surface area contributed by atoms with Crippen LogP contribution in [-0.2, 0) is 21.4 Å². The largest absolute Gasteiger partial charge is 0.450 e. The zero-order valence-corrected chi connectivity index (χ0v) is 20.4. The molecule has 7 heteroatoms. The van der Waals surface area contributed by atoms with Gasteiger partial charge in [-0.15, -0.1) is 0 Å². The molecule has 1 spiro atoms. The first-order valence-corrected chi connectivity index (χ1v) is 12.6. The van der Waals surface area contributed by atoms with Gasteiger partial charge in [0.25, 0.3) is 0 Å². The van der Waals surface area contributed by atoms with Gasteiger partial charge in [-0.05, 0) is 62.7 Å². The van der Waals surface area contributed by atoms with Gasteiger partial charge in [-0.2, -0.15) is 0 Å². The minimum atomic E-state index is -0.189. The highest BCUT2D eigenvalue weighted by molar-refractivity contribution is 5.69. The Morgan fingerprint density at radius 3 is 2.33 bits per heavy atom. The van der Waals surface area contributed by atoms with Crippen LogP contribution in [0.5, 0.6) is 0 Å². The lowest BCUT2D eigenvalue weighted by Crippen LogP contribution is -2.56. The molecule has 3 heterocycles. The van der Waals surface area contributed by atoms with Crippen molar-refractivity contribution in [2.45, 2.75) is 64.5 Å². The van der Waals surface area contributed by atoms with E-state index in [4.69, 9.17) is 9.47 Å². The fourth-order valence-corrected chi connectivity index (χ4v) is 5.72. The Bertz CT molecular complexity index is 827. The molecule has 182 valence electrons. The molecular weight excluding hydrogens is 418 g/mol. The smallest absolute Gasteiger partial charge is 0.410 e. The van der Waals surface area contributed by atoms with Gasteiger partial charge in [0.15, 0.2) is 0 Å². The molecule has 0 radical (unpaired) electrons. The molecule has 3 aliphatic heterocycles. The molecule has 0 N–H and O–H groups in total. The van der Waals surface area contributed by atoms with Gasteiger partial charge in [0.1, 0.15) is 0 Å². The SMILES string of the molecule is CCOC(=O)N1CCC(N2CCC3(CC2)CN(C(=O)OCC(C)C)Cc2ccccc23)CC1. The minimum absolute atomic E-state index is 0.00612. The molecule has 33 heavy (non-hydrogen) atoms. The maximum absolute atomic E-state index is 12.8. The standard InChI is InChI=1S/C26H39N3O4/c1-4-32-24(30)28-13-9-22(10-14-28)27-15-11-26(12-16-27)19-29(25(31)33-18-20(2)3)17-21-7-5-6-8-23(21)26/h5-8,20,22H,4,9-19H2,1-3H3. The van der Waals surface area contributed by atoms with Crippen LogP contribution in [0.3, 0.4) is 0 Å². The number of rotatable bonds is 4. The number of carbonyl (C=O) groups is 2. The molecule has 2 saturated heterocycles. The summed E-state index contributed by atoms with van der Waals surface area (Å²) in [5.74, 6) is 0.332. The number of amides is 2. The van der Waals surface area contributed by atoms with E-state index in [1.54, 1.807) is 0 Å².